The van der Waals surface area contributed by atoms with Gasteiger partial charge in [0.05, 0.1) is 19.3 Å². The van der Waals surface area contributed by atoms with Crippen LogP contribution in [0.15, 0.2) is 24.3 Å². The first-order valence-electron chi connectivity index (χ1n) is 7.66. The van der Waals surface area contributed by atoms with Crippen molar-refractivity contribution < 1.29 is 13.9 Å². The van der Waals surface area contributed by atoms with E-state index < -0.39 is 0 Å². The highest BCUT2D eigenvalue weighted by atomic mass is 35.5. The van der Waals surface area contributed by atoms with Gasteiger partial charge in [-0.1, -0.05) is 12.1 Å². The van der Waals surface area contributed by atoms with E-state index in [1.54, 1.807) is 13.0 Å². The molecule has 8 heteroatoms. The zero-order valence-electron chi connectivity index (χ0n) is 13.7. The number of carbonyl (C=O) groups is 1. The molecule has 1 fully saturated rings. The Labute approximate surface area is 154 Å². The Hall–Kier alpha value is -0.920. The van der Waals surface area contributed by atoms with E-state index in [2.05, 4.69) is 10.2 Å². The van der Waals surface area contributed by atoms with Crippen LogP contribution in [0.25, 0.3) is 0 Å². The predicted octanol–water partition coefficient (Wildman–Crippen LogP) is 1.90. The summed E-state index contributed by atoms with van der Waals surface area (Å²) in [4.78, 5) is 14.0. The molecule has 1 heterocycles. The summed E-state index contributed by atoms with van der Waals surface area (Å²) < 4.78 is 18.9. The molecule has 0 spiro atoms. The number of nitrogens with zero attached hydrogens (tertiary/aromatic N) is 1. The fraction of sp³-hybridized carbons (Fsp3) is 0.562. The Morgan fingerprint density at radius 1 is 1.38 bits per heavy atom. The van der Waals surface area contributed by atoms with Gasteiger partial charge in [0.25, 0.3) is 0 Å². The van der Waals surface area contributed by atoms with Crippen molar-refractivity contribution in [1.82, 2.24) is 10.2 Å². The average Bonchev–Trinajstić information content (AvgIpc) is 2.48. The van der Waals surface area contributed by atoms with Gasteiger partial charge in [0, 0.05) is 32.1 Å². The molecule has 0 saturated carbocycles. The van der Waals surface area contributed by atoms with E-state index in [4.69, 9.17) is 10.5 Å². The Morgan fingerprint density at radius 3 is 2.62 bits per heavy atom. The van der Waals surface area contributed by atoms with E-state index in [9.17, 15) is 9.18 Å². The molecule has 0 radical (unpaired) electrons. The first-order chi connectivity index (χ1) is 10.6. The lowest BCUT2D eigenvalue weighted by Crippen LogP contribution is -2.44. The minimum Gasteiger partial charge on any atom is -0.379 e. The number of hydrogen-bond acceptors (Lipinski definition) is 4. The quantitative estimate of drug-likeness (QED) is 0.789. The van der Waals surface area contributed by atoms with Crippen molar-refractivity contribution in [3.63, 3.8) is 0 Å². The van der Waals surface area contributed by atoms with E-state index in [1.165, 1.54) is 12.1 Å². The SMILES string of the molecule is CC(N)CC(=O)NCC(c1cccc(F)c1)N1CCOCC1.Cl.Cl. The Kier molecular flexibility index (Phi) is 11.2. The van der Waals surface area contributed by atoms with Gasteiger partial charge in [0.2, 0.25) is 5.91 Å². The first-order valence-corrected chi connectivity index (χ1v) is 7.66. The molecule has 1 aliphatic rings. The van der Waals surface area contributed by atoms with Crippen molar-refractivity contribution in [2.45, 2.75) is 25.4 Å². The standard InChI is InChI=1S/C16H24FN3O2.2ClH/c1-12(18)9-16(21)19-11-15(20-5-7-22-8-6-20)13-3-2-4-14(17)10-13;;/h2-4,10,12,15H,5-9,11,18H2,1H3,(H,19,21);2*1H. The maximum Gasteiger partial charge on any atom is 0.221 e. The fourth-order valence-electron chi connectivity index (χ4n) is 2.64. The van der Waals surface area contributed by atoms with Crippen LogP contribution in [-0.4, -0.2) is 49.7 Å². The van der Waals surface area contributed by atoms with Gasteiger partial charge in [0.15, 0.2) is 0 Å². The molecule has 0 aromatic heterocycles. The van der Waals surface area contributed by atoms with Gasteiger partial charge >= 0.3 is 0 Å². The molecule has 138 valence electrons. The summed E-state index contributed by atoms with van der Waals surface area (Å²) >= 11 is 0. The topological polar surface area (TPSA) is 67.6 Å². The first kappa shape index (κ1) is 23.1. The predicted molar refractivity (Wildman–Crippen MR) is 97.3 cm³/mol. The lowest BCUT2D eigenvalue weighted by Gasteiger charge is -2.35. The average molecular weight is 382 g/mol. The summed E-state index contributed by atoms with van der Waals surface area (Å²) in [6, 6.07) is 6.31. The number of carbonyl (C=O) groups excluding carboxylic acids is 1. The number of benzene rings is 1. The maximum absolute atomic E-state index is 13.5. The van der Waals surface area contributed by atoms with Crippen LogP contribution in [0.2, 0.25) is 0 Å². The highest BCUT2D eigenvalue weighted by molar-refractivity contribution is 5.85. The van der Waals surface area contributed by atoms with Crippen LogP contribution in [0.4, 0.5) is 4.39 Å². The number of rotatable bonds is 6. The van der Waals surface area contributed by atoms with Crippen LogP contribution >= 0.6 is 24.8 Å². The Balaban J connectivity index is 0.00000264. The van der Waals surface area contributed by atoms with Crippen LogP contribution in [0.1, 0.15) is 24.9 Å². The molecule has 1 saturated heterocycles. The molecule has 2 rings (SSSR count). The Bertz CT molecular complexity index is 500. The summed E-state index contributed by atoms with van der Waals surface area (Å²) in [6.45, 7) is 5.08. The molecule has 1 amide bonds. The van der Waals surface area contributed by atoms with E-state index in [1.807, 2.05) is 6.07 Å². The number of morpholine rings is 1. The largest absolute Gasteiger partial charge is 0.379 e. The summed E-state index contributed by atoms with van der Waals surface area (Å²) in [6.07, 6.45) is 0.291. The van der Waals surface area contributed by atoms with Crippen molar-refractivity contribution in [3.8, 4) is 0 Å². The van der Waals surface area contributed by atoms with Gasteiger partial charge in [-0.25, -0.2) is 4.39 Å². The molecule has 0 bridgehead atoms. The van der Waals surface area contributed by atoms with Crippen molar-refractivity contribution in [2.24, 2.45) is 5.73 Å². The van der Waals surface area contributed by atoms with Gasteiger partial charge in [0.1, 0.15) is 5.82 Å². The third kappa shape index (κ3) is 7.32. The zero-order chi connectivity index (χ0) is 15.9. The third-order valence-electron chi connectivity index (χ3n) is 3.72. The molecule has 24 heavy (non-hydrogen) atoms. The van der Waals surface area contributed by atoms with E-state index in [-0.39, 0.29) is 48.6 Å². The second-order valence-corrected chi connectivity index (χ2v) is 5.70. The number of amides is 1. The normalized spacial score (nSPS) is 17.1. The van der Waals surface area contributed by atoms with Gasteiger partial charge in [-0.15, -0.1) is 24.8 Å². The van der Waals surface area contributed by atoms with Crippen molar-refractivity contribution in [3.05, 3.63) is 35.6 Å². The molecule has 1 aliphatic heterocycles. The number of hydrogen-bond donors (Lipinski definition) is 2. The fourth-order valence-corrected chi connectivity index (χ4v) is 2.64. The smallest absolute Gasteiger partial charge is 0.221 e. The molecule has 1 aromatic rings. The number of halogens is 3. The highest BCUT2D eigenvalue weighted by Gasteiger charge is 2.23. The van der Waals surface area contributed by atoms with Gasteiger partial charge in [-0.3, -0.25) is 9.69 Å². The highest BCUT2D eigenvalue weighted by Crippen LogP contribution is 2.22. The van der Waals surface area contributed by atoms with E-state index in [0.29, 0.717) is 26.2 Å². The lowest BCUT2D eigenvalue weighted by atomic mass is 10.0. The van der Waals surface area contributed by atoms with Crippen molar-refractivity contribution in [1.29, 1.82) is 0 Å². The number of nitrogens with one attached hydrogen (secondary N) is 1. The molecule has 5 nitrogen and oxygen atoms in total. The minimum atomic E-state index is -0.266. The van der Waals surface area contributed by atoms with Crippen LogP contribution in [0.3, 0.4) is 0 Å². The lowest BCUT2D eigenvalue weighted by molar-refractivity contribution is -0.121. The van der Waals surface area contributed by atoms with Crippen LogP contribution < -0.4 is 11.1 Å². The van der Waals surface area contributed by atoms with Gasteiger partial charge in [-0.2, -0.15) is 0 Å². The van der Waals surface area contributed by atoms with E-state index in [0.717, 1.165) is 18.7 Å². The molecule has 1 aromatic carbocycles. The number of nitrogens with two attached hydrogens (primary N) is 1. The number of ether oxygens (including phenoxy) is 1. The zero-order valence-corrected chi connectivity index (χ0v) is 15.4. The van der Waals surface area contributed by atoms with Gasteiger partial charge in [-0.05, 0) is 24.6 Å². The van der Waals surface area contributed by atoms with Crippen molar-refractivity contribution >= 4 is 30.7 Å². The second-order valence-electron chi connectivity index (χ2n) is 5.70. The Morgan fingerprint density at radius 2 is 2.04 bits per heavy atom. The molecular formula is C16H26Cl2FN3O2. The molecule has 2 unspecified atom stereocenters. The van der Waals surface area contributed by atoms with Crippen LogP contribution in [-0.2, 0) is 9.53 Å². The molecule has 3 N–H and O–H groups in total. The summed E-state index contributed by atoms with van der Waals surface area (Å²) in [7, 11) is 0. The molecular weight excluding hydrogens is 356 g/mol. The van der Waals surface area contributed by atoms with E-state index >= 15 is 0 Å². The van der Waals surface area contributed by atoms with Crippen LogP contribution in [0.5, 0.6) is 0 Å². The molecule has 0 aliphatic carbocycles. The van der Waals surface area contributed by atoms with Gasteiger partial charge < -0.3 is 15.8 Å². The third-order valence-corrected chi connectivity index (χ3v) is 3.72. The summed E-state index contributed by atoms with van der Waals surface area (Å²) in [5.74, 6) is -0.345. The summed E-state index contributed by atoms with van der Waals surface area (Å²) in [5.41, 5.74) is 6.50. The van der Waals surface area contributed by atoms with Crippen LogP contribution in [0, 0.1) is 5.82 Å². The maximum atomic E-state index is 13.5. The summed E-state index contributed by atoms with van der Waals surface area (Å²) in [5, 5.41) is 2.91. The minimum absolute atomic E-state index is 0. The second kappa shape index (κ2) is 11.6. The molecule has 2 atom stereocenters. The van der Waals surface area contributed by atoms with Crippen molar-refractivity contribution in [2.75, 3.05) is 32.8 Å². The monoisotopic (exact) mass is 381 g/mol.